The number of aromatic nitrogens is 2. The van der Waals surface area contributed by atoms with Crippen molar-refractivity contribution in [2.45, 2.75) is 6.92 Å². The number of aromatic carboxylic acids is 1. The summed E-state index contributed by atoms with van der Waals surface area (Å²) in [5, 5.41) is 15.2. The van der Waals surface area contributed by atoms with E-state index in [1.165, 1.54) is 13.0 Å². The van der Waals surface area contributed by atoms with Gasteiger partial charge in [-0.2, -0.15) is 9.78 Å². The van der Waals surface area contributed by atoms with Gasteiger partial charge >= 0.3 is 5.97 Å². The van der Waals surface area contributed by atoms with Crippen LogP contribution in [0.25, 0.3) is 5.69 Å². The molecular formula is C13H11N3O4. The van der Waals surface area contributed by atoms with Crippen LogP contribution in [-0.2, 0) is 4.79 Å². The maximum Gasteiger partial charge on any atom is 0.356 e. The first-order chi connectivity index (χ1) is 9.47. The van der Waals surface area contributed by atoms with E-state index >= 15 is 0 Å². The number of nitrogens with one attached hydrogen (secondary N) is 1. The lowest BCUT2D eigenvalue weighted by Gasteiger charge is -2.07. The third-order valence-electron chi connectivity index (χ3n) is 2.43. The molecule has 0 aliphatic rings. The third kappa shape index (κ3) is 2.89. The molecule has 1 aromatic carbocycles. The second-order valence-corrected chi connectivity index (χ2v) is 4.01. The number of nitrogens with zero attached hydrogens (tertiary/aromatic N) is 2. The Bertz CT molecular complexity index is 736. The number of hydrogen-bond donors (Lipinski definition) is 2. The molecule has 2 aromatic rings. The largest absolute Gasteiger partial charge is 0.476 e. The highest BCUT2D eigenvalue weighted by atomic mass is 16.4. The molecule has 7 heteroatoms. The summed E-state index contributed by atoms with van der Waals surface area (Å²) in [4.78, 5) is 33.6. The van der Waals surface area contributed by atoms with Crippen molar-refractivity contribution in [1.82, 2.24) is 9.78 Å². The van der Waals surface area contributed by atoms with E-state index in [1.807, 2.05) is 0 Å². The summed E-state index contributed by atoms with van der Waals surface area (Å²) >= 11 is 0. The molecule has 0 atom stereocenters. The van der Waals surface area contributed by atoms with E-state index in [2.05, 4.69) is 10.4 Å². The average molecular weight is 273 g/mol. The van der Waals surface area contributed by atoms with Crippen LogP contribution in [0.1, 0.15) is 17.4 Å². The molecule has 0 aliphatic carbocycles. The minimum absolute atomic E-state index is 0.241. The maximum atomic E-state index is 11.7. The summed E-state index contributed by atoms with van der Waals surface area (Å²) in [5.41, 5.74) is 0.151. The van der Waals surface area contributed by atoms with E-state index in [1.54, 1.807) is 18.2 Å². The molecule has 0 bridgehead atoms. The van der Waals surface area contributed by atoms with Crippen LogP contribution < -0.4 is 10.9 Å². The van der Waals surface area contributed by atoms with Crippen molar-refractivity contribution in [1.29, 1.82) is 0 Å². The lowest BCUT2D eigenvalue weighted by Crippen LogP contribution is -2.22. The summed E-state index contributed by atoms with van der Waals surface area (Å²) in [6.45, 7) is 1.36. The Kier molecular flexibility index (Phi) is 3.60. The van der Waals surface area contributed by atoms with Crippen molar-refractivity contribution < 1.29 is 14.7 Å². The minimum atomic E-state index is -1.23. The first kappa shape index (κ1) is 13.5. The van der Waals surface area contributed by atoms with Crippen molar-refractivity contribution >= 4 is 17.6 Å². The van der Waals surface area contributed by atoms with Crippen LogP contribution >= 0.6 is 0 Å². The number of rotatable bonds is 3. The zero-order chi connectivity index (χ0) is 14.7. The summed E-state index contributed by atoms with van der Waals surface area (Å²) < 4.78 is 0.967. The number of carboxylic acids is 1. The van der Waals surface area contributed by atoms with E-state index in [9.17, 15) is 14.4 Å². The number of carbonyl (C=O) groups excluding carboxylic acids is 1. The molecule has 0 fully saturated rings. The van der Waals surface area contributed by atoms with Crippen molar-refractivity contribution in [3.05, 3.63) is 52.4 Å². The standard InChI is InChI=1S/C13H11N3O4/c1-8(17)14-9-3-2-4-10(7-9)16-12(18)6-5-11(15-16)13(19)20/h2-7H,1H3,(H,14,17)(H,19,20). The van der Waals surface area contributed by atoms with Crippen molar-refractivity contribution in [3.8, 4) is 5.69 Å². The summed E-state index contributed by atoms with van der Waals surface area (Å²) in [6, 6.07) is 8.66. The van der Waals surface area contributed by atoms with Crippen molar-refractivity contribution in [2.75, 3.05) is 5.32 Å². The van der Waals surface area contributed by atoms with E-state index < -0.39 is 11.5 Å². The maximum absolute atomic E-state index is 11.7. The molecule has 7 nitrogen and oxygen atoms in total. The second kappa shape index (κ2) is 5.35. The van der Waals surface area contributed by atoms with Crippen LogP contribution in [0, 0.1) is 0 Å². The van der Waals surface area contributed by atoms with Gasteiger partial charge in [0.15, 0.2) is 5.69 Å². The van der Waals surface area contributed by atoms with Gasteiger partial charge in [0, 0.05) is 18.7 Å². The highest BCUT2D eigenvalue weighted by molar-refractivity contribution is 5.89. The predicted molar refractivity (Wildman–Crippen MR) is 71.1 cm³/mol. The molecule has 0 aliphatic heterocycles. The fraction of sp³-hybridized carbons (Fsp3) is 0.0769. The number of anilines is 1. The van der Waals surface area contributed by atoms with Crippen molar-refractivity contribution in [3.63, 3.8) is 0 Å². The van der Waals surface area contributed by atoms with Gasteiger partial charge in [0.05, 0.1) is 5.69 Å². The lowest BCUT2D eigenvalue weighted by molar-refractivity contribution is -0.114. The average Bonchev–Trinajstić information content (AvgIpc) is 2.38. The molecule has 2 rings (SSSR count). The normalized spacial score (nSPS) is 10.1. The molecule has 102 valence electrons. The Morgan fingerprint density at radius 2 is 2.00 bits per heavy atom. The smallest absolute Gasteiger partial charge is 0.356 e. The highest BCUT2D eigenvalue weighted by Crippen LogP contribution is 2.12. The first-order valence-corrected chi connectivity index (χ1v) is 5.69. The van der Waals surface area contributed by atoms with Crippen LogP contribution in [0.15, 0.2) is 41.2 Å². The molecule has 0 spiro atoms. The predicted octanol–water partition coefficient (Wildman–Crippen LogP) is 0.889. The van der Waals surface area contributed by atoms with Gasteiger partial charge in [-0.15, -0.1) is 0 Å². The monoisotopic (exact) mass is 273 g/mol. The third-order valence-corrected chi connectivity index (χ3v) is 2.43. The van der Waals surface area contributed by atoms with Gasteiger partial charge in [0.2, 0.25) is 5.91 Å². The number of carboxylic acid groups (broad SMARTS) is 1. The Morgan fingerprint density at radius 3 is 2.65 bits per heavy atom. The Hall–Kier alpha value is -2.96. The number of carbonyl (C=O) groups is 2. The van der Waals surface area contributed by atoms with Gasteiger partial charge in [-0.3, -0.25) is 9.59 Å². The van der Waals surface area contributed by atoms with Crippen LogP contribution in [0.2, 0.25) is 0 Å². The molecule has 2 N–H and O–H groups in total. The number of amides is 1. The SMILES string of the molecule is CC(=O)Nc1cccc(-n2nc(C(=O)O)ccc2=O)c1. The summed E-state index contributed by atoms with van der Waals surface area (Å²) in [5.74, 6) is -1.47. The molecule has 1 heterocycles. The fourth-order valence-electron chi connectivity index (χ4n) is 1.63. The first-order valence-electron chi connectivity index (χ1n) is 5.69. The zero-order valence-electron chi connectivity index (χ0n) is 10.5. The second-order valence-electron chi connectivity index (χ2n) is 4.01. The number of hydrogen-bond acceptors (Lipinski definition) is 4. The van der Waals surface area contributed by atoms with E-state index in [4.69, 9.17) is 5.11 Å². The number of benzene rings is 1. The summed E-state index contributed by atoms with van der Waals surface area (Å²) in [6.07, 6.45) is 0. The molecular weight excluding hydrogens is 262 g/mol. The molecule has 1 amide bonds. The molecule has 0 radical (unpaired) electrons. The highest BCUT2D eigenvalue weighted by Gasteiger charge is 2.09. The van der Waals surface area contributed by atoms with Crippen molar-refractivity contribution in [2.24, 2.45) is 0 Å². The topological polar surface area (TPSA) is 101 Å². The van der Waals surface area contributed by atoms with E-state index in [0.717, 1.165) is 16.8 Å². The molecule has 0 saturated carbocycles. The lowest BCUT2D eigenvalue weighted by atomic mass is 10.2. The van der Waals surface area contributed by atoms with Crippen LogP contribution in [0.4, 0.5) is 5.69 Å². The van der Waals surface area contributed by atoms with E-state index in [-0.39, 0.29) is 11.6 Å². The van der Waals surface area contributed by atoms with Crippen LogP contribution in [0.5, 0.6) is 0 Å². The van der Waals surface area contributed by atoms with Gasteiger partial charge < -0.3 is 10.4 Å². The Labute approximate surface area is 113 Å². The van der Waals surface area contributed by atoms with Gasteiger partial charge in [0.1, 0.15) is 0 Å². The van der Waals surface area contributed by atoms with Gasteiger partial charge in [0.25, 0.3) is 5.56 Å². The van der Waals surface area contributed by atoms with E-state index in [0.29, 0.717) is 11.4 Å². The van der Waals surface area contributed by atoms with Crippen LogP contribution in [-0.4, -0.2) is 26.8 Å². The minimum Gasteiger partial charge on any atom is -0.476 e. The molecule has 20 heavy (non-hydrogen) atoms. The molecule has 0 saturated heterocycles. The zero-order valence-corrected chi connectivity index (χ0v) is 10.5. The Balaban J connectivity index is 2.50. The van der Waals surface area contributed by atoms with Gasteiger partial charge in [-0.05, 0) is 24.3 Å². The fourth-order valence-corrected chi connectivity index (χ4v) is 1.63. The Morgan fingerprint density at radius 1 is 1.25 bits per heavy atom. The quantitative estimate of drug-likeness (QED) is 0.864. The van der Waals surface area contributed by atoms with Gasteiger partial charge in [-0.1, -0.05) is 6.07 Å². The molecule has 0 unspecified atom stereocenters. The molecule has 1 aromatic heterocycles. The van der Waals surface area contributed by atoms with Crippen LogP contribution in [0.3, 0.4) is 0 Å². The van der Waals surface area contributed by atoms with Gasteiger partial charge in [-0.25, -0.2) is 4.79 Å². The summed E-state index contributed by atoms with van der Waals surface area (Å²) in [7, 11) is 0.